The minimum atomic E-state index is -0.611. The molecule has 2 spiro atoms. The van der Waals surface area contributed by atoms with E-state index in [-0.39, 0.29) is 0 Å². The molecule has 392 valence electrons. The van der Waals surface area contributed by atoms with Gasteiger partial charge in [-0.1, -0.05) is 273 Å². The van der Waals surface area contributed by atoms with E-state index in [1.165, 1.54) is 104 Å². The molecule has 2 aliphatic heterocycles. The van der Waals surface area contributed by atoms with Gasteiger partial charge in [0.05, 0.1) is 27.6 Å². The van der Waals surface area contributed by atoms with Gasteiger partial charge in [0, 0.05) is 37.7 Å². The van der Waals surface area contributed by atoms with Crippen molar-refractivity contribution in [2.24, 2.45) is 0 Å². The summed E-state index contributed by atoms with van der Waals surface area (Å²) in [5.41, 5.74) is 26.4. The number of benzene rings is 13. The van der Waals surface area contributed by atoms with Gasteiger partial charge in [-0.05, 0) is 138 Å². The number of hydrogen-bond donors (Lipinski definition) is 0. The monoisotopic (exact) mass is 1090 g/mol. The zero-order chi connectivity index (χ0) is 55.1. The van der Waals surface area contributed by atoms with Crippen molar-refractivity contribution in [2.45, 2.75) is 26.0 Å². The van der Waals surface area contributed by atoms with Crippen molar-refractivity contribution in [3.05, 3.63) is 376 Å². The van der Waals surface area contributed by atoms with Gasteiger partial charge in [0.1, 0.15) is 11.5 Å². The molecule has 3 heteroatoms. The summed E-state index contributed by atoms with van der Waals surface area (Å²) >= 11 is 1.89. The van der Waals surface area contributed by atoms with E-state index >= 15 is 0 Å². The summed E-state index contributed by atoms with van der Waals surface area (Å²) in [6, 6.07) is 116. The van der Waals surface area contributed by atoms with Gasteiger partial charge in [-0.2, -0.15) is 0 Å². The second-order valence-electron chi connectivity index (χ2n) is 22.8. The summed E-state index contributed by atoms with van der Waals surface area (Å²) in [6.07, 6.45) is 0. The van der Waals surface area contributed by atoms with Crippen LogP contribution in [-0.4, -0.2) is 0 Å². The highest BCUT2D eigenvalue weighted by molar-refractivity contribution is 7.99. The van der Waals surface area contributed by atoms with E-state index in [1.807, 2.05) is 11.8 Å². The van der Waals surface area contributed by atoms with Crippen LogP contribution in [0.25, 0.3) is 44.5 Å². The van der Waals surface area contributed by atoms with Crippen molar-refractivity contribution >= 4 is 28.8 Å². The Morgan fingerprint density at radius 3 is 1.29 bits per heavy atom. The highest BCUT2D eigenvalue weighted by Crippen LogP contribution is 2.67. The lowest BCUT2D eigenvalue weighted by Crippen LogP contribution is -2.32. The Kier molecular flexibility index (Phi) is 10.1. The molecule has 0 bridgehead atoms. The lowest BCUT2D eigenvalue weighted by molar-refractivity contribution is 0.436. The molecular weight excluding hydrogens is 1030 g/mol. The van der Waals surface area contributed by atoms with E-state index in [2.05, 4.69) is 314 Å². The fourth-order valence-corrected chi connectivity index (χ4v) is 17.3. The Hall–Kier alpha value is -10.2. The average Bonchev–Trinajstić information content (AvgIpc) is 1.56. The fourth-order valence-electron chi connectivity index (χ4n) is 16.1. The normalized spacial score (nSPS) is 14.8. The SMILES string of the molecule is c1ccc(C2(c3ccccc3)c3ccccc3-c3c(-c4ccccc4N(c4ccc5c(c4)-c4ccccc4C54c5ccccc5Oc5ccccc54)c4cccc5c4-c4ccccc4C54c5ccccc5Sc5ccccc54)cccc32)cc1. The predicted octanol–water partition coefficient (Wildman–Crippen LogP) is 20.5. The molecule has 2 nitrogen and oxygen atoms in total. The summed E-state index contributed by atoms with van der Waals surface area (Å²) in [6.45, 7) is 0. The van der Waals surface area contributed by atoms with E-state index in [0.29, 0.717) is 0 Å². The van der Waals surface area contributed by atoms with Gasteiger partial charge in [0.2, 0.25) is 0 Å². The number of hydrogen-bond acceptors (Lipinski definition) is 3. The number of rotatable bonds is 6. The number of ether oxygens (including phenoxy) is 1. The van der Waals surface area contributed by atoms with Gasteiger partial charge in [-0.3, -0.25) is 0 Å². The minimum Gasteiger partial charge on any atom is -0.457 e. The van der Waals surface area contributed by atoms with E-state index in [0.717, 1.165) is 45.3 Å². The van der Waals surface area contributed by atoms with Crippen LogP contribution in [0.1, 0.15) is 66.8 Å². The van der Waals surface area contributed by atoms with Gasteiger partial charge in [0.25, 0.3) is 0 Å². The molecule has 13 aromatic carbocycles. The maximum Gasteiger partial charge on any atom is 0.132 e. The molecule has 18 rings (SSSR count). The molecular formula is C81H51NOS. The molecule has 3 aliphatic carbocycles. The quantitative estimate of drug-likeness (QED) is 0.165. The molecule has 0 radical (unpaired) electrons. The van der Waals surface area contributed by atoms with Crippen LogP contribution in [0.2, 0.25) is 0 Å². The third kappa shape index (κ3) is 6.11. The Morgan fingerprint density at radius 2 is 0.655 bits per heavy atom. The predicted molar refractivity (Wildman–Crippen MR) is 343 cm³/mol. The van der Waals surface area contributed by atoms with Crippen molar-refractivity contribution in [2.75, 3.05) is 4.90 Å². The molecule has 0 aromatic heterocycles. The second-order valence-corrected chi connectivity index (χ2v) is 23.9. The third-order valence-electron chi connectivity index (χ3n) is 19.1. The van der Waals surface area contributed by atoms with Crippen molar-refractivity contribution < 1.29 is 4.74 Å². The van der Waals surface area contributed by atoms with E-state index in [1.54, 1.807) is 0 Å². The lowest BCUT2D eigenvalue weighted by atomic mass is 9.66. The first-order chi connectivity index (χ1) is 41.7. The summed E-state index contributed by atoms with van der Waals surface area (Å²) in [5, 5.41) is 0. The first kappa shape index (κ1) is 47.4. The average molecular weight is 1090 g/mol. The molecule has 84 heavy (non-hydrogen) atoms. The molecule has 0 N–H and O–H groups in total. The summed E-state index contributed by atoms with van der Waals surface area (Å²) < 4.78 is 6.80. The zero-order valence-electron chi connectivity index (χ0n) is 45.7. The summed E-state index contributed by atoms with van der Waals surface area (Å²) in [7, 11) is 0. The highest BCUT2D eigenvalue weighted by atomic mass is 32.2. The molecule has 5 aliphatic rings. The Labute approximate surface area is 493 Å². The molecule has 2 heterocycles. The Morgan fingerprint density at radius 1 is 0.250 bits per heavy atom. The molecule has 0 saturated carbocycles. The molecule has 0 unspecified atom stereocenters. The van der Waals surface area contributed by atoms with Crippen LogP contribution in [0.15, 0.2) is 319 Å². The lowest BCUT2D eigenvalue weighted by Gasteiger charge is -2.40. The maximum atomic E-state index is 6.80. The maximum absolute atomic E-state index is 6.80. The Balaban J connectivity index is 0.942. The smallest absolute Gasteiger partial charge is 0.132 e. The van der Waals surface area contributed by atoms with Crippen LogP contribution in [0.5, 0.6) is 11.5 Å². The number of para-hydroxylation sites is 3. The van der Waals surface area contributed by atoms with Crippen molar-refractivity contribution in [3.63, 3.8) is 0 Å². The second kappa shape index (κ2) is 17.9. The van der Waals surface area contributed by atoms with Crippen LogP contribution in [0.3, 0.4) is 0 Å². The molecule has 0 saturated heterocycles. The first-order valence-corrected chi connectivity index (χ1v) is 30.0. The molecule has 0 amide bonds. The van der Waals surface area contributed by atoms with Crippen molar-refractivity contribution in [3.8, 4) is 56.0 Å². The van der Waals surface area contributed by atoms with Gasteiger partial charge >= 0.3 is 0 Å². The summed E-state index contributed by atoms with van der Waals surface area (Å²) in [5.74, 6) is 1.77. The van der Waals surface area contributed by atoms with Crippen LogP contribution < -0.4 is 9.64 Å². The van der Waals surface area contributed by atoms with E-state index < -0.39 is 16.2 Å². The number of anilines is 3. The number of fused-ring (bicyclic) bond motifs is 21. The van der Waals surface area contributed by atoms with Crippen LogP contribution in [0.4, 0.5) is 17.1 Å². The molecule has 0 fully saturated rings. The van der Waals surface area contributed by atoms with Crippen LogP contribution in [0, 0.1) is 0 Å². The topological polar surface area (TPSA) is 12.5 Å². The van der Waals surface area contributed by atoms with Gasteiger partial charge in [0.15, 0.2) is 0 Å². The van der Waals surface area contributed by atoms with Gasteiger partial charge in [-0.25, -0.2) is 0 Å². The van der Waals surface area contributed by atoms with E-state index in [4.69, 9.17) is 4.74 Å². The van der Waals surface area contributed by atoms with Crippen LogP contribution >= 0.6 is 11.8 Å². The third-order valence-corrected chi connectivity index (χ3v) is 20.2. The number of nitrogens with zero attached hydrogens (tertiary/aromatic N) is 1. The zero-order valence-corrected chi connectivity index (χ0v) is 46.5. The van der Waals surface area contributed by atoms with Crippen molar-refractivity contribution in [1.82, 2.24) is 0 Å². The molecule has 13 aromatic rings. The van der Waals surface area contributed by atoms with E-state index in [9.17, 15) is 0 Å². The largest absolute Gasteiger partial charge is 0.457 e. The minimum absolute atomic E-state index is 0.563. The van der Waals surface area contributed by atoms with Crippen molar-refractivity contribution in [1.29, 1.82) is 0 Å². The Bertz CT molecular complexity index is 4750. The summed E-state index contributed by atoms with van der Waals surface area (Å²) in [4.78, 5) is 5.18. The van der Waals surface area contributed by atoms with Gasteiger partial charge < -0.3 is 9.64 Å². The fraction of sp³-hybridized carbons (Fsp3) is 0.0370. The molecule has 0 atom stereocenters. The van der Waals surface area contributed by atoms with Crippen LogP contribution in [-0.2, 0) is 16.2 Å². The van der Waals surface area contributed by atoms with Gasteiger partial charge in [-0.15, -0.1) is 0 Å². The standard InChI is InChI=1S/C81H51NOS/c1-3-25-52(26-4-1)79(53-27-5-2-6-28-53)62-35-12-8-31-58(62)77-57(33-23-41-69(77)79)56-30-10-18-43-71(56)82(54-49-50-64-60(51-54)55-29-7-11-34-61(55)80(64)65-37-14-19-45-73(65)83-74-46-20-15-38-66(74)80)72-44-24-42-70-78(72)59-32-9-13-36-63(59)81(70)67-39-16-21-47-75(67)84-76-48-22-17-40-68(76)81/h1-51H. The first-order valence-electron chi connectivity index (χ1n) is 29.2. The highest BCUT2D eigenvalue weighted by Gasteiger charge is 2.54.